The van der Waals surface area contributed by atoms with Gasteiger partial charge in [-0.1, -0.05) is 18.7 Å². The van der Waals surface area contributed by atoms with Crippen molar-refractivity contribution in [3.63, 3.8) is 0 Å². The second-order valence-electron chi connectivity index (χ2n) is 5.75. The maximum atomic E-state index is 4.40. The number of benzene rings is 1. The molecule has 0 bridgehead atoms. The molecule has 4 rings (SSSR count). The maximum Gasteiger partial charge on any atom is 0.233 e. The molecular weight excluding hydrogens is 284 g/mol. The van der Waals surface area contributed by atoms with Gasteiger partial charge in [0.2, 0.25) is 5.78 Å². The van der Waals surface area contributed by atoms with E-state index in [4.69, 9.17) is 0 Å². The first-order valence-corrected chi connectivity index (χ1v) is 7.52. The SMILES string of the molecule is C=C(C)c1cnc2ncc(Cc3ccc4ncccc4c3)n2c1. The number of hydrogen-bond acceptors (Lipinski definition) is 3. The molecule has 4 heteroatoms. The molecule has 0 saturated carbocycles. The van der Waals surface area contributed by atoms with Crippen LogP contribution in [0.1, 0.15) is 23.7 Å². The number of rotatable bonds is 3. The number of nitrogens with zero attached hydrogens (tertiary/aromatic N) is 4. The largest absolute Gasteiger partial charge is 0.287 e. The first-order valence-electron chi connectivity index (χ1n) is 7.52. The summed E-state index contributed by atoms with van der Waals surface area (Å²) in [4.78, 5) is 13.1. The average Bonchev–Trinajstić information content (AvgIpc) is 2.97. The van der Waals surface area contributed by atoms with Crippen LogP contribution in [0, 0.1) is 0 Å². The molecule has 4 aromatic rings. The van der Waals surface area contributed by atoms with E-state index in [2.05, 4.69) is 52.0 Å². The third-order valence-electron chi connectivity index (χ3n) is 3.99. The van der Waals surface area contributed by atoms with Gasteiger partial charge in [0.05, 0.1) is 11.7 Å². The fourth-order valence-electron chi connectivity index (χ4n) is 2.72. The Hall–Kier alpha value is -3.01. The molecule has 0 aliphatic rings. The molecule has 0 unspecified atom stereocenters. The number of allylic oxidation sites excluding steroid dienone is 1. The van der Waals surface area contributed by atoms with E-state index in [-0.39, 0.29) is 0 Å². The molecule has 0 amide bonds. The van der Waals surface area contributed by atoms with Gasteiger partial charge in [-0.15, -0.1) is 0 Å². The summed E-state index contributed by atoms with van der Waals surface area (Å²) in [5.74, 6) is 0.715. The van der Waals surface area contributed by atoms with Gasteiger partial charge in [0, 0.05) is 41.7 Å². The lowest BCUT2D eigenvalue weighted by Crippen LogP contribution is -1.98. The third-order valence-corrected chi connectivity index (χ3v) is 3.99. The highest BCUT2D eigenvalue weighted by Crippen LogP contribution is 2.18. The third kappa shape index (κ3) is 2.48. The molecular formula is C19H16N4. The van der Waals surface area contributed by atoms with Gasteiger partial charge < -0.3 is 0 Å². The Labute approximate surface area is 134 Å². The fraction of sp³-hybridized carbons (Fsp3) is 0.105. The number of hydrogen-bond donors (Lipinski definition) is 0. The van der Waals surface area contributed by atoms with Crippen molar-refractivity contribution >= 4 is 22.3 Å². The van der Waals surface area contributed by atoms with Gasteiger partial charge in [-0.25, -0.2) is 9.97 Å². The van der Waals surface area contributed by atoms with Gasteiger partial charge in [-0.3, -0.25) is 9.38 Å². The lowest BCUT2D eigenvalue weighted by atomic mass is 10.1. The maximum absolute atomic E-state index is 4.40. The monoisotopic (exact) mass is 300 g/mol. The molecule has 1 aromatic carbocycles. The van der Waals surface area contributed by atoms with Crippen molar-refractivity contribution in [1.82, 2.24) is 19.4 Å². The lowest BCUT2D eigenvalue weighted by molar-refractivity contribution is 0.999. The van der Waals surface area contributed by atoms with Gasteiger partial charge in [-0.05, 0) is 36.3 Å². The second kappa shape index (κ2) is 5.32. The molecule has 0 saturated heterocycles. The fourth-order valence-corrected chi connectivity index (χ4v) is 2.72. The molecule has 0 atom stereocenters. The number of aromatic nitrogens is 4. The summed E-state index contributed by atoms with van der Waals surface area (Å²) < 4.78 is 2.04. The van der Waals surface area contributed by atoms with Crippen LogP contribution in [0.25, 0.3) is 22.3 Å². The van der Waals surface area contributed by atoms with Crippen LogP contribution in [-0.2, 0) is 6.42 Å². The highest BCUT2D eigenvalue weighted by atomic mass is 15.1. The molecule has 0 aliphatic heterocycles. The number of pyridine rings is 1. The summed E-state index contributed by atoms with van der Waals surface area (Å²) in [5.41, 5.74) is 5.38. The van der Waals surface area contributed by atoms with Crippen molar-refractivity contribution in [3.8, 4) is 0 Å². The van der Waals surface area contributed by atoms with Crippen molar-refractivity contribution in [2.45, 2.75) is 13.3 Å². The molecule has 3 heterocycles. The Morgan fingerprint density at radius 2 is 2.00 bits per heavy atom. The van der Waals surface area contributed by atoms with Gasteiger partial charge in [0.1, 0.15) is 0 Å². The summed E-state index contributed by atoms with van der Waals surface area (Å²) in [6, 6.07) is 10.4. The van der Waals surface area contributed by atoms with Crippen molar-refractivity contribution in [2.75, 3.05) is 0 Å². The molecule has 0 spiro atoms. The predicted octanol–water partition coefficient (Wildman–Crippen LogP) is 3.90. The minimum atomic E-state index is 0.715. The minimum absolute atomic E-state index is 0.715. The topological polar surface area (TPSA) is 43.1 Å². The van der Waals surface area contributed by atoms with Crippen LogP contribution in [0.5, 0.6) is 0 Å². The highest BCUT2D eigenvalue weighted by Gasteiger charge is 2.07. The Bertz CT molecular complexity index is 1030. The molecule has 4 nitrogen and oxygen atoms in total. The minimum Gasteiger partial charge on any atom is -0.287 e. The van der Waals surface area contributed by atoms with Gasteiger partial charge in [-0.2, -0.15) is 0 Å². The van der Waals surface area contributed by atoms with E-state index >= 15 is 0 Å². The van der Waals surface area contributed by atoms with Crippen molar-refractivity contribution in [2.24, 2.45) is 0 Å². The predicted molar refractivity (Wildman–Crippen MR) is 92.2 cm³/mol. The van der Waals surface area contributed by atoms with Crippen molar-refractivity contribution in [1.29, 1.82) is 0 Å². The Balaban J connectivity index is 1.76. The normalized spacial score (nSPS) is 11.2. The van der Waals surface area contributed by atoms with Crippen LogP contribution >= 0.6 is 0 Å². The molecule has 112 valence electrons. The van der Waals surface area contributed by atoms with Gasteiger partial charge in [0.25, 0.3) is 0 Å². The van der Waals surface area contributed by atoms with Crippen LogP contribution in [0.3, 0.4) is 0 Å². The molecule has 0 aliphatic carbocycles. The molecule has 0 N–H and O–H groups in total. The van der Waals surface area contributed by atoms with Crippen LogP contribution in [0.2, 0.25) is 0 Å². The van der Waals surface area contributed by atoms with E-state index in [1.165, 1.54) is 5.56 Å². The second-order valence-corrected chi connectivity index (χ2v) is 5.75. The Kier molecular flexibility index (Phi) is 3.15. The van der Waals surface area contributed by atoms with E-state index in [0.717, 1.165) is 34.2 Å². The highest BCUT2D eigenvalue weighted by molar-refractivity contribution is 5.79. The quantitative estimate of drug-likeness (QED) is 0.576. The van der Waals surface area contributed by atoms with Gasteiger partial charge in [0.15, 0.2) is 0 Å². The average molecular weight is 300 g/mol. The van der Waals surface area contributed by atoms with Crippen LogP contribution < -0.4 is 0 Å². The first-order chi connectivity index (χ1) is 11.2. The zero-order chi connectivity index (χ0) is 15.8. The molecule has 0 radical (unpaired) electrons. The van der Waals surface area contributed by atoms with E-state index in [0.29, 0.717) is 5.78 Å². The summed E-state index contributed by atoms with van der Waals surface area (Å²) in [5, 5.41) is 1.15. The molecule has 0 fully saturated rings. The lowest BCUT2D eigenvalue weighted by Gasteiger charge is -2.05. The van der Waals surface area contributed by atoms with E-state index in [1.807, 2.05) is 36.0 Å². The standard InChI is InChI=1S/C19H16N4/c1-13(2)16-10-21-19-22-11-17(23(19)12-16)9-14-5-6-18-15(8-14)4-3-7-20-18/h3-8,10-12H,1,9H2,2H3. The van der Waals surface area contributed by atoms with Gasteiger partial charge >= 0.3 is 0 Å². The van der Waals surface area contributed by atoms with Crippen LogP contribution in [0.15, 0.2) is 61.7 Å². The Morgan fingerprint density at radius 3 is 2.87 bits per heavy atom. The first kappa shape index (κ1) is 13.6. The summed E-state index contributed by atoms with van der Waals surface area (Å²) >= 11 is 0. The smallest absolute Gasteiger partial charge is 0.233 e. The number of imidazole rings is 1. The zero-order valence-corrected chi connectivity index (χ0v) is 12.9. The van der Waals surface area contributed by atoms with E-state index in [1.54, 1.807) is 0 Å². The number of fused-ring (bicyclic) bond motifs is 2. The van der Waals surface area contributed by atoms with Crippen molar-refractivity contribution in [3.05, 3.63) is 78.5 Å². The summed E-state index contributed by atoms with van der Waals surface area (Å²) in [7, 11) is 0. The zero-order valence-electron chi connectivity index (χ0n) is 12.9. The summed E-state index contributed by atoms with van der Waals surface area (Å²) in [6.45, 7) is 5.97. The van der Waals surface area contributed by atoms with Crippen LogP contribution in [0.4, 0.5) is 0 Å². The van der Waals surface area contributed by atoms with E-state index < -0.39 is 0 Å². The molecule has 3 aromatic heterocycles. The van der Waals surface area contributed by atoms with Crippen molar-refractivity contribution < 1.29 is 0 Å². The molecule has 23 heavy (non-hydrogen) atoms. The van der Waals surface area contributed by atoms with Crippen LogP contribution in [-0.4, -0.2) is 19.4 Å². The van der Waals surface area contributed by atoms with E-state index in [9.17, 15) is 0 Å². The summed E-state index contributed by atoms with van der Waals surface area (Å²) in [6.07, 6.45) is 8.37. The Morgan fingerprint density at radius 1 is 1.13 bits per heavy atom.